The number of methoxy groups -OCH3 is 1. The lowest BCUT2D eigenvalue weighted by Gasteiger charge is -2.18. The largest absolute Gasteiger partial charge is 0.505 e. The molecule has 146 valence electrons. The molecule has 0 aliphatic carbocycles. The van der Waals surface area contributed by atoms with Gasteiger partial charge in [0.15, 0.2) is 0 Å². The van der Waals surface area contributed by atoms with Crippen molar-refractivity contribution < 1.29 is 27.8 Å². The Morgan fingerprint density at radius 3 is 2.50 bits per heavy atom. The van der Waals surface area contributed by atoms with Crippen LogP contribution in [0.25, 0.3) is 5.69 Å². The predicted molar refractivity (Wildman–Crippen MR) is 95.8 cm³/mol. The van der Waals surface area contributed by atoms with Gasteiger partial charge < -0.3 is 9.84 Å². The zero-order valence-corrected chi connectivity index (χ0v) is 15.3. The molecular formula is C19H14ClF3N2O3. The van der Waals surface area contributed by atoms with Crippen LogP contribution in [0.2, 0.25) is 5.02 Å². The van der Waals surface area contributed by atoms with E-state index in [2.05, 4.69) is 9.84 Å². The number of aromatic hydroxyl groups is 1. The molecule has 0 amide bonds. The number of hydrogen-bond donors (Lipinski definition) is 1. The van der Waals surface area contributed by atoms with Crippen LogP contribution >= 0.6 is 11.6 Å². The van der Waals surface area contributed by atoms with Crippen molar-refractivity contribution in [2.75, 3.05) is 7.11 Å². The van der Waals surface area contributed by atoms with Crippen molar-refractivity contribution in [2.24, 2.45) is 0 Å². The molecule has 0 saturated carbocycles. The van der Waals surface area contributed by atoms with Crippen LogP contribution in [-0.4, -0.2) is 28.0 Å². The van der Waals surface area contributed by atoms with Crippen LogP contribution in [-0.2, 0) is 17.3 Å². The fourth-order valence-corrected chi connectivity index (χ4v) is 3.14. The average molecular weight is 411 g/mol. The zero-order valence-electron chi connectivity index (χ0n) is 14.5. The van der Waals surface area contributed by atoms with Crippen molar-refractivity contribution in [1.29, 1.82) is 0 Å². The van der Waals surface area contributed by atoms with Crippen LogP contribution in [0.15, 0.2) is 48.8 Å². The molecule has 0 aliphatic heterocycles. The van der Waals surface area contributed by atoms with Gasteiger partial charge in [0.2, 0.25) is 0 Å². The summed E-state index contributed by atoms with van der Waals surface area (Å²) in [4.78, 5) is 11.8. The molecule has 1 aromatic heterocycles. The molecule has 0 spiro atoms. The van der Waals surface area contributed by atoms with E-state index in [1.807, 2.05) is 0 Å². The van der Waals surface area contributed by atoms with Crippen molar-refractivity contribution in [2.45, 2.75) is 12.6 Å². The molecule has 0 saturated heterocycles. The minimum Gasteiger partial charge on any atom is -0.505 e. The number of esters is 1. The second-order valence-corrected chi connectivity index (χ2v) is 6.28. The van der Waals surface area contributed by atoms with E-state index in [0.717, 1.165) is 18.9 Å². The van der Waals surface area contributed by atoms with Gasteiger partial charge in [0.1, 0.15) is 11.3 Å². The monoisotopic (exact) mass is 410 g/mol. The number of aromatic nitrogens is 2. The third-order valence-electron chi connectivity index (χ3n) is 4.11. The molecule has 0 bridgehead atoms. The molecule has 0 radical (unpaired) electrons. The minimum atomic E-state index is -4.81. The Kier molecular flexibility index (Phi) is 5.33. The maximum absolute atomic E-state index is 13.5. The number of carbonyl (C=O) groups is 1. The van der Waals surface area contributed by atoms with Gasteiger partial charge >= 0.3 is 12.1 Å². The van der Waals surface area contributed by atoms with Gasteiger partial charge in [-0.15, -0.1) is 0 Å². The molecule has 28 heavy (non-hydrogen) atoms. The highest BCUT2D eigenvalue weighted by atomic mass is 35.5. The van der Waals surface area contributed by atoms with Crippen molar-refractivity contribution >= 4 is 17.6 Å². The molecule has 0 atom stereocenters. The van der Waals surface area contributed by atoms with Crippen LogP contribution in [0.4, 0.5) is 13.2 Å². The van der Waals surface area contributed by atoms with Gasteiger partial charge in [-0.3, -0.25) is 0 Å². The highest BCUT2D eigenvalue weighted by Crippen LogP contribution is 2.44. The van der Waals surface area contributed by atoms with Crippen molar-refractivity contribution in [3.05, 3.63) is 76.1 Å². The van der Waals surface area contributed by atoms with E-state index in [1.54, 1.807) is 47.4 Å². The maximum Gasteiger partial charge on any atom is 0.418 e. The number of carbonyl (C=O) groups excluding carboxylic acids is 1. The lowest BCUT2D eigenvalue weighted by molar-refractivity contribution is -0.138. The summed E-state index contributed by atoms with van der Waals surface area (Å²) in [5.41, 5.74) is -0.565. The topological polar surface area (TPSA) is 64.4 Å². The third kappa shape index (κ3) is 3.82. The van der Waals surface area contributed by atoms with Gasteiger partial charge in [-0.05, 0) is 41.8 Å². The van der Waals surface area contributed by atoms with Crippen LogP contribution < -0.4 is 0 Å². The van der Waals surface area contributed by atoms with Gasteiger partial charge in [0.05, 0.1) is 23.4 Å². The summed E-state index contributed by atoms with van der Waals surface area (Å²) >= 11 is 5.76. The highest BCUT2D eigenvalue weighted by Gasteiger charge is 2.38. The normalized spacial score (nSPS) is 11.5. The Morgan fingerprint density at radius 1 is 1.29 bits per heavy atom. The van der Waals surface area contributed by atoms with Crippen LogP contribution in [0.5, 0.6) is 5.75 Å². The maximum atomic E-state index is 13.5. The van der Waals surface area contributed by atoms with E-state index < -0.39 is 34.0 Å². The number of benzene rings is 2. The van der Waals surface area contributed by atoms with E-state index in [0.29, 0.717) is 5.56 Å². The minimum absolute atomic E-state index is 0.155. The number of hydrogen-bond acceptors (Lipinski definition) is 4. The smallest absolute Gasteiger partial charge is 0.418 e. The SMILES string of the molecule is COC(=O)c1cc(Cc2ccc(-n3cccn3)cc2)c(C(F)(F)F)c(Cl)c1O. The number of ether oxygens (including phenoxy) is 1. The van der Waals surface area contributed by atoms with Crippen LogP contribution in [0, 0.1) is 0 Å². The Labute approximate surface area is 162 Å². The summed E-state index contributed by atoms with van der Waals surface area (Å²) in [6, 6.07) is 9.41. The first-order valence-corrected chi connectivity index (χ1v) is 8.39. The number of phenols is 1. The second kappa shape index (κ2) is 7.55. The lowest BCUT2D eigenvalue weighted by atomic mass is 9.96. The quantitative estimate of drug-likeness (QED) is 0.637. The summed E-state index contributed by atoms with van der Waals surface area (Å²) < 4.78 is 46.7. The van der Waals surface area contributed by atoms with E-state index in [1.165, 1.54) is 0 Å². The Balaban J connectivity index is 2.04. The van der Waals surface area contributed by atoms with Crippen LogP contribution in [0.3, 0.4) is 0 Å². The molecule has 3 rings (SSSR count). The number of nitrogens with zero attached hydrogens (tertiary/aromatic N) is 2. The molecule has 0 unspecified atom stereocenters. The van der Waals surface area contributed by atoms with E-state index in [-0.39, 0.29) is 12.0 Å². The van der Waals surface area contributed by atoms with Gasteiger partial charge in [0, 0.05) is 12.4 Å². The molecule has 0 aliphatic rings. The summed E-state index contributed by atoms with van der Waals surface area (Å²) in [5.74, 6) is -1.94. The van der Waals surface area contributed by atoms with Crippen molar-refractivity contribution in [3.63, 3.8) is 0 Å². The summed E-state index contributed by atoms with van der Waals surface area (Å²) in [6.07, 6.45) is -1.62. The third-order valence-corrected chi connectivity index (χ3v) is 4.48. The van der Waals surface area contributed by atoms with Gasteiger partial charge in [-0.1, -0.05) is 23.7 Å². The van der Waals surface area contributed by atoms with Crippen molar-refractivity contribution in [3.8, 4) is 11.4 Å². The number of alkyl halides is 3. The summed E-state index contributed by atoms with van der Waals surface area (Å²) in [5, 5.41) is 13.1. The molecule has 3 aromatic rings. The number of rotatable bonds is 4. The van der Waals surface area contributed by atoms with Gasteiger partial charge in [0.25, 0.3) is 0 Å². The summed E-state index contributed by atoms with van der Waals surface area (Å²) in [7, 11) is 1.06. The standard InChI is InChI=1S/C19H14ClF3N2O3/c1-28-18(27)14-10-12(15(19(21,22)23)16(20)17(14)26)9-11-3-5-13(6-4-11)25-8-2-7-24-25/h2-8,10,26H,9H2,1H3. The first-order valence-electron chi connectivity index (χ1n) is 8.01. The first-order chi connectivity index (χ1) is 13.2. The molecule has 1 N–H and O–H groups in total. The number of phenolic OH excluding ortho intramolecular Hbond substituents is 1. The Bertz CT molecular complexity index is 1000. The van der Waals surface area contributed by atoms with Gasteiger partial charge in [-0.2, -0.15) is 18.3 Å². The van der Waals surface area contributed by atoms with Crippen LogP contribution in [0.1, 0.15) is 27.0 Å². The first kappa shape index (κ1) is 19.8. The predicted octanol–water partition coefficient (Wildman–Crippen LogP) is 4.63. The molecule has 5 nitrogen and oxygen atoms in total. The Morgan fingerprint density at radius 2 is 1.96 bits per heavy atom. The highest BCUT2D eigenvalue weighted by molar-refractivity contribution is 6.33. The molecule has 0 fully saturated rings. The van der Waals surface area contributed by atoms with E-state index >= 15 is 0 Å². The Hall–Kier alpha value is -3.00. The number of halogens is 4. The van der Waals surface area contributed by atoms with Crippen molar-refractivity contribution in [1.82, 2.24) is 9.78 Å². The van der Waals surface area contributed by atoms with E-state index in [4.69, 9.17) is 11.6 Å². The molecule has 2 aromatic carbocycles. The summed E-state index contributed by atoms with van der Waals surface area (Å²) in [6.45, 7) is 0. The molecule has 1 heterocycles. The molecular weight excluding hydrogens is 397 g/mol. The fraction of sp³-hybridized carbons (Fsp3) is 0.158. The molecule has 9 heteroatoms. The van der Waals surface area contributed by atoms with E-state index in [9.17, 15) is 23.1 Å². The van der Waals surface area contributed by atoms with Gasteiger partial charge in [-0.25, -0.2) is 9.48 Å². The second-order valence-electron chi connectivity index (χ2n) is 5.90. The zero-order chi connectivity index (χ0) is 20.5. The fourth-order valence-electron chi connectivity index (χ4n) is 2.81. The lowest BCUT2D eigenvalue weighted by Crippen LogP contribution is -2.13. The average Bonchev–Trinajstić information content (AvgIpc) is 3.18.